The summed E-state index contributed by atoms with van der Waals surface area (Å²) in [5, 5.41) is 13.5. The number of amides is 2. The van der Waals surface area contributed by atoms with Gasteiger partial charge in [0, 0.05) is 23.8 Å². The number of carbonyl (C=O) groups is 3. The number of aliphatic carboxylic acids is 1. The number of nitrogens with two attached hydrogens (primary N) is 1. The number of carbonyl (C=O) groups excluding carboxylic acids is 2. The van der Waals surface area contributed by atoms with E-state index in [0.717, 1.165) is 0 Å². The highest BCUT2D eigenvalue weighted by atomic mass is 32.2. The van der Waals surface area contributed by atoms with E-state index in [1.54, 1.807) is 6.92 Å². The number of halogens is 1. The molecule has 0 aromatic carbocycles. The smallest absolute Gasteiger partial charge is 0.325 e. The molecule has 0 aromatic rings. The predicted molar refractivity (Wildman–Crippen MR) is 87.5 cm³/mol. The molecule has 5 N–H and O–H groups in total. The molecule has 0 fully saturated rings. The van der Waals surface area contributed by atoms with E-state index < -0.39 is 24.0 Å². The molecule has 1 unspecified atom stereocenters. The van der Waals surface area contributed by atoms with Gasteiger partial charge < -0.3 is 21.5 Å². The summed E-state index contributed by atoms with van der Waals surface area (Å²) in [5.74, 6) is -2.06. The Morgan fingerprint density at radius 3 is 2.35 bits per heavy atom. The lowest BCUT2D eigenvalue weighted by atomic mass is 10.1. The molecule has 0 aromatic heterocycles. The van der Waals surface area contributed by atoms with Gasteiger partial charge in [0.2, 0.25) is 11.8 Å². The molecule has 3 atom stereocenters. The first-order chi connectivity index (χ1) is 10.8. The predicted octanol–water partition coefficient (Wildman–Crippen LogP) is 0.976. The van der Waals surface area contributed by atoms with Crippen LogP contribution < -0.4 is 16.4 Å². The third kappa shape index (κ3) is 10.1. The fourth-order valence-electron chi connectivity index (χ4n) is 1.78. The third-order valence-corrected chi connectivity index (χ3v) is 3.80. The largest absolute Gasteiger partial charge is 0.480 e. The van der Waals surface area contributed by atoms with Gasteiger partial charge >= 0.3 is 5.97 Å². The molecule has 0 spiro atoms. The average Bonchev–Trinajstić information content (AvgIpc) is 2.51. The van der Waals surface area contributed by atoms with E-state index in [9.17, 15) is 18.3 Å². The van der Waals surface area contributed by atoms with Crippen LogP contribution in [0.5, 0.6) is 0 Å². The van der Waals surface area contributed by atoms with Gasteiger partial charge in [0.25, 0.3) is 0 Å². The molecule has 0 saturated carbocycles. The standard InChI is InChI=1S/C14H26FN3O4S/c1-9(23-15)6-7-12(19)18-11(5-3-4-8-16)13(20)17-10(2)14(21)22/h9-11H,3-8,16H2,1-2H3,(H,17,20)(H,18,19)(H,21,22)/t9?,10-,11-/m0/s1. The molecule has 0 saturated heterocycles. The number of rotatable bonds is 12. The van der Waals surface area contributed by atoms with Crippen molar-refractivity contribution in [3.05, 3.63) is 0 Å². The molecule has 0 aliphatic rings. The van der Waals surface area contributed by atoms with Crippen LogP contribution in [0, 0.1) is 0 Å². The van der Waals surface area contributed by atoms with Crippen LogP contribution in [0.3, 0.4) is 0 Å². The molecule has 7 nitrogen and oxygen atoms in total. The van der Waals surface area contributed by atoms with Crippen molar-refractivity contribution in [1.82, 2.24) is 10.6 Å². The number of hydrogen-bond acceptors (Lipinski definition) is 5. The van der Waals surface area contributed by atoms with Crippen LogP contribution in [0.4, 0.5) is 3.89 Å². The van der Waals surface area contributed by atoms with Gasteiger partial charge in [-0.15, -0.1) is 0 Å². The van der Waals surface area contributed by atoms with Crippen LogP contribution in [-0.4, -0.2) is 46.8 Å². The Morgan fingerprint density at radius 1 is 1.17 bits per heavy atom. The van der Waals surface area contributed by atoms with Crippen molar-refractivity contribution in [2.75, 3.05) is 6.54 Å². The fraction of sp³-hybridized carbons (Fsp3) is 0.786. The van der Waals surface area contributed by atoms with Gasteiger partial charge in [0.05, 0.1) is 0 Å². The van der Waals surface area contributed by atoms with E-state index >= 15 is 0 Å². The minimum Gasteiger partial charge on any atom is -0.480 e. The van der Waals surface area contributed by atoms with Crippen molar-refractivity contribution in [1.29, 1.82) is 0 Å². The second kappa shape index (κ2) is 12.1. The molecule has 0 rings (SSSR count). The topological polar surface area (TPSA) is 122 Å². The van der Waals surface area contributed by atoms with Crippen LogP contribution in [0.15, 0.2) is 0 Å². The Labute approximate surface area is 140 Å². The second-order valence-electron chi connectivity index (χ2n) is 5.41. The van der Waals surface area contributed by atoms with E-state index in [4.69, 9.17) is 10.8 Å². The van der Waals surface area contributed by atoms with Gasteiger partial charge in [-0.05, 0) is 39.2 Å². The molecule has 0 aliphatic heterocycles. The summed E-state index contributed by atoms with van der Waals surface area (Å²) in [5.41, 5.74) is 5.41. The lowest BCUT2D eigenvalue weighted by Crippen LogP contribution is -2.50. The summed E-state index contributed by atoms with van der Waals surface area (Å²) in [4.78, 5) is 34.8. The highest BCUT2D eigenvalue weighted by molar-refractivity contribution is 7.94. The van der Waals surface area contributed by atoms with Crippen LogP contribution in [0.1, 0.15) is 46.0 Å². The van der Waals surface area contributed by atoms with Crippen molar-refractivity contribution in [2.45, 2.75) is 63.3 Å². The SMILES string of the molecule is CC(CCC(=O)N[C@@H](CCCCN)C(=O)N[C@@H](C)C(=O)O)SF. The Balaban J connectivity index is 4.56. The minimum absolute atomic E-state index is 0.104. The first-order valence-electron chi connectivity index (χ1n) is 7.61. The zero-order valence-electron chi connectivity index (χ0n) is 13.5. The van der Waals surface area contributed by atoms with Gasteiger partial charge in [0.15, 0.2) is 0 Å². The summed E-state index contributed by atoms with van der Waals surface area (Å²) in [6.07, 6.45) is 2.16. The van der Waals surface area contributed by atoms with Crippen molar-refractivity contribution in [3.63, 3.8) is 0 Å². The second-order valence-corrected chi connectivity index (χ2v) is 6.39. The van der Waals surface area contributed by atoms with Crippen molar-refractivity contribution >= 4 is 29.9 Å². The summed E-state index contributed by atoms with van der Waals surface area (Å²) in [7, 11) is 0. The zero-order chi connectivity index (χ0) is 17.8. The maximum Gasteiger partial charge on any atom is 0.325 e. The number of nitrogens with one attached hydrogen (secondary N) is 2. The minimum atomic E-state index is -1.15. The first kappa shape index (κ1) is 21.6. The van der Waals surface area contributed by atoms with E-state index in [2.05, 4.69) is 10.6 Å². The lowest BCUT2D eigenvalue weighted by molar-refractivity contribution is -0.141. The maximum atomic E-state index is 12.3. The molecule has 134 valence electrons. The molecule has 0 heterocycles. The molecule has 2 amide bonds. The molecule has 0 radical (unpaired) electrons. The highest BCUT2D eigenvalue weighted by Gasteiger charge is 2.23. The Morgan fingerprint density at radius 2 is 1.83 bits per heavy atom. The molecule has 0 aliphatic carbocycles. The molecule has 23 heavy (non-hydrogen) atoms. The Hall–Kier alpha value is -1.35. The van der Waals surface area contributed by atoms with Gasteiger partial charge in [-0.1, -0.05) is 6.92 Å². The van der Waals surface area contributed by atoms with E-state index in [0.29, 0.717) is 32.2 Å². The Kier molecular flexibility index (Phi) is 11.4. The van der Waals surface area contributed by atoms with Crippen LogP contribution in [-0.2, 0) is 14.4 Å². The van der Waals surface area contributed by atoms with Gasteiger partial charge in [-0.2, -0.15) is 3.89 Å². The van der Waals surface area contributed by atoms with E-state index in [1.807, 2.05) is 0 Å². The number of unbranched alkanes of at least 4 members (excludes halogenated alkanes) is 1. The number of carboxylic acid groups (broad SMARTS) is 1. The van der Waals surface area contributed by atoms with E-state index in [-0.39, 0.29) is 29.7 Å². The number of hydrogen-bond donors (Lipinski definition) is 4. The first-order valence-corrected chi connectivity index (χ1v) is 8.39. The van der Waals surface area contributed by atoms with Crippen LogP contribution in [0.2, 0.25) is 0 Å². The van der Waals surface area contributed by atoms with Crippen LogP contribution in [0.25, 0.3) is 0 Å². The zero-order valence-corrected chi connectivity index (χ0v) is 14.3. The van der Waals surface area contributed by atoms with Gasteiger partial charge in [-0.25, -0.2) is 0 Å². The molecule has 9 heteroatoms. The van der Waals surface area contributed by atoms with Gasteiger partial charge in [0.1, 0.15) is 12.1 Å². The summed E-state index contributed by atoms with van der Waals surface area (Å²) in [6, 6.07) is -1.86. The summed E-state index contributed by atoms with van der Waals surface area (Å²) < 4.78 is 12.3. The molecular formula is C14H26FN3O4S. The lowest BCUT2D eigenvalue weighted by Gasteiger charge is -2.20. The van der Waals surface area contributed by atoms with Crippen molar-refractivity contribution in [3.8, 4) is 0 Å². The monoisotopic (exact) mass is 351 g/mol. The highest BCUT2D eigenvalue weighted by Crippen LogP contribution is 2.16. The molecule has 0 bridgehead atoms. The van der Waals surface area contributed by atoms with Crippen LogP contribution >= 0.6 is 12.1 Å². The number of carboxylic acids is 1. The average molecular weight is 351 g/mol. The van der Waals surface area contributed by atoms with Crippen molar-refractivity contribution < 1.29 is 23.4 Å². The third-order valence-electron chi connectivity index (χ3n) is 3.26. The quantitative estimate of drug-likeness (QED) is 0.389. The molecular weight excluding hydrogens is 325 g/mol. The Bertz CT molecular complexity index is 398. The van der Waals surface area contributed by atoms with Crippen molar-refractivity contribution in [2.24, 2.45) is 5.73 Å². The fourth-order valence-corrected chi connectivity index (χ4v) is 1.99. The van der Waals surface area contributed by atoms with E-state index in [1.165, 1.54) is 6.92 Å². The summed E-state index contributed by atoms with van der Waals surface area (Å²) >= 11 is 0.182. The summed E-state index contributed by atoms with van der Waals surface area (Å²) in [6.45, 7) is 3.48. The maximum absolute atomic E-state index is 12.3. The van der Waals surface area contributed by atoms with Gasteiger partial charge in [-0.3, -0.25) is 14.4 Å². The normalized spacial score (nSPS) is 14.6.